The highest BCUT2D eigenvalue weighted by Crippen LogP contribution is 2.23. The number of hydrogen-bond acceptors (Lipinski definition) is 3. The lowest BCUT2D eigenvalue weighted by Crippen LogP contribution is -2.57. The van der Waals surface area contributed by atoms with Crippen molar-refractivity contribution in [2.24, 2.45) is 0 Å². The summed E-state index contributed by atoms with van der Waals surface area (Å²) in [4.78, 5) is 14.3. The molecule has 2 atom stereocenters. The van der Waals surface area contributed by atoms with Crippen molar-refractivity contribution in [2.75, 3.05) is 13.1 Å². The van der Waals surface area contributed by atoms with E-state index in [1.54, 1.807) is 11.3 Å². The van der Waals surface area contributed by atoms with Crippen molar-refractivity contribution >= 4 is 33.2 Å². The smallest absolute Gasteiger partial charge is 0.255 e. The van der Waals surface area contributed by atoms with E-state index in [0.717, 1.165) is 22.4 Å². The minimum atomic E-state index is 0.142. The number of halogens is 1. The third kappa shape index (κ3) is 2.31. The molecule has 1 aromatic heterocycles. The highest BCUT2D eigenvalue weighted by molar-refractivity contribution is 9.11. The predicted octanol–water partition coefficient (Wildman–Crippen LogP) is 2.33. The van der Waals surface area contributed by atoms with Crippen LogP contribution in [0.15, 0.2) is 15.2 Å². The Bertz CT molecular complexity index is 383. The van der Waals surface area contributed by atoms with E-state index in [0.29, 0.717) is 0 Å². The van der Waals surface area contributed by atoms with Crippen LogP contribution in [0.25, 0.3) is 0 Å². The average Bonchev–Trinajstić information content (AvgIpc) is 2.64. The number of rotatable bonds is 1. The van der Waals surface area contributed by atoms with Gasteiger partial charge in [-0.1, -0.05) is 0 Å². The summed E-state index contributed by atoms with van der Waals surface area (Å²) in [5.74, 6) is 0.142. The van der Waals surface area contributed by atoms with Crippen LogP contribution in [0.4, 0.5) is 0 Å². The lowest BCUT2D eigenvalue weighted by molar-refractivity contribution is 0.0545. The van der Waals surface area contributed by atoms with Gasteiger partial charge in [-0.2, -0.15) is 0 Å². The maximum Gasteiger partial charge on any atom is 0.255 e. The van der Waals surface area contributed by atoms with Gasteiger partial charge in [-0.15, -0.1) is 11.3 Å². The van der Waals surface area contributed by atoms with Crippen LogP contribution in [0.3, 0.4) is 0 Å². The Hall–Kier alpha value is -0.390. The quantitative estimate of drug-likeness (QED) is 0.863. The summed E-state index contributed by atoms with van der Waals surface area (Å²) in [6.07, 6.45) is 0. The summed E-state index contributed by atoms with van der Waals surface area (Å²) in [6.45, 7) is 5.92. The van der Waals surface area contributed by atoms with Crippen LogP contribution < -0.4 is 5.32 Å². The van der Waals surface area contributed by atoms with E-state index in [9.17, 15) is 4.79 Å². The first kappa shape index (κ1) is 12.1. The molecule has 1 aliphatic rings. The fraction of sp³-hybridized carbons (Fsp3) is 0.545. The van der Waals surface area contributed by atoms with Crippen molar-refractivity contribution in [3.63, 3.8) is 0 Å². The van der Waals surface area contributed by atoms with Crippen molar-refractivity contribution in [3.8, 4) is 0 Å². The fourth-order valence-electron chi connectivity index (χ4n) is 2.10. The number of carbonyl (C=O) groups is 1. The maximum atomic E-state index is 12.3. The monoisotopic (exact) mass is 302 g/mol. The largest absolute Gasteiger partial charge is 0.331 e. The normalized spacial score (nSPS) is 25.8. The first-order chi connectivity index (χ1) is 7.59. The number of nitrogens with zero attached hydrogens (tertiary/aromatic N) is 1. The Morgan fingerprint density at radius 3 is 2.62 bits per heavy atom. The lowest BCUT2D eigenvalue weighted by Gasteiger charge is -2.39. The van der Waals surface area contributed by atoms with Gasteiger partial charge in [-0.05, 0) is 35.8 Å². The highest BCUT2D eigenvalue weighted by atomic mass is 79.9. The molecule has 1 amide bonds. The molecule has 1 aliphatic heterocycles. The zero-order valence-corrected chi connectivity index (χ0v) is 11.8. The van der Waals surface area contributed by atoms with Crippen molar-refractivity contribution in [1.82, 2.24) is 10.2 Å². The second-order valence-electron chi connectivity index (χ2n) is 4.21. The SMILES string of the molecule is CC1CNCC(C)N1C(=O)c1csc(Br)c1. The summed E-state index contributed by atoms with van der Waals surface area (Å²) in [6, 6.07) is 2.42. The molecule has 0 spiro atoms. The molecule has 16 heavy (non-hydrogen) atoms. The summed E-state index contributed by atoms with van der Waals surface area (Å²) in [5.41, 5.74) is 0.789. The molecule has 1 fully saturated rings. The second kappa shape index (κ2) is 4.85. The lowest BCUT2D eigenvalue weighted by atomic mass is 10.1. The number of carbonyl (C=O) groups excluding carboxylic acids is 1. The molecule has 1 N–H and O–H groups in total. The summed E-state index contributed by atoms with van der Waals surface area (Å²) in [7, 11) is 0. The van der Waals surface area contributed by atoms with E-state index in [4.69, 9.17) is 0 Å². The average molecular weight is 303 g/mol. The first-order valence-corrected chi connectivity index (χ1v) is 7.04. The molecule has 1 saturated heterocycles. The van der Waals surface area contributed by atoms with Gasteiger partial charge in [0.2, 0.25) is 0 Å². The van der Waals surface area contributed by atoms with Crippen molar-refractivity contribution in [2.45, 2.75) is 25.9 Å². The summed E-state index contributed by atoms with van der Waals surface area (Å²) < 4.78 is 1.01. The third-order valence-electron chi connectivity index (χ3n) is 2.88. The summed E-state index contributed by atoms with van der Waals surface area (Å²) >= 11 is 4.94. The van der Waals surface area contributed by atoms with Crippen LogP contribution in [0.1, 0.15) is 24.2 Å². The van der Waals surface area contributed by atoms with E-state index in [1.165, 1.54) is 0 Å². The molecule has 0 radical (unpaired) electrons. The minimum absolute atomic E-state index is 0.142. The molecule has 0 bridgehead atoms. The van der Waals surface area contributed by atoms with E-state index in [2.05, 4.69) is 35.1 Å². The van der Waals surface area contributed by atoms with Crippen LogP contribution in [0.2, 0.25) is 0 Å². The Morgan fingerprint density at radius 2 is 2.12 bits per heavy atom. The number of thiophene rings is 1. The molecule has 0 aromatic carbocycles. The van der Waals surface area contributed by atoms with E-state index in [-0.39, 0.29) is 18.0 Å². The van der Waals surface area contributed by atoms with E-state index in [1.807, 2.05) is 16.3 Å². The van der Waals surface area contributed by atoms with Gasteiger partial charge in [-0.25, -0.2) is 0 Å². The zero-order valence-electron chi connectivity index (χ0n) is 9.37. The van der Waals surface area contributed by atoms with Gasteiger partial charge in [0.05, 0.1) is 9.35 Å². The number of amides is 1. The number of piperazine rings is 1. The van der Waals surface area contributed by atoms with Gasteiger partial charge in [-0.3, -0.25) is 4.79 Å². The van der Waals surface area contributed by atoms with E-state index >= 15 is 0 Å². The third-order valence-corrected chi connectivity index (χ3v) is 4.38. The van der Waals surface area contributed by atoms with Crippen LogP contribution in [0.5, 0.6) is 0 Å². The zero-order chi connectivity index (χ0) is 11.7. The molecule has 2 heterocycles. The Balaban J connectivity index is 2.19. The van der Waals surface area contributed by atoms with Crippen molar-refractivity contribution < 1.29 is 4.79 Å². The number of hydrogen-bond donors (Lipinski definition) is 1. The molecule has 0 aliphatic carbocycles. The van der Waals surface area contributed by atoms with Crippen molar-refractivity contribution in [3.05, 3.63) is 20.8 Å². The van der Waals surface area contributed by atoms with Gasteiger partial charge in [0.25, 0.3) is 5.91 Å². The molecule has 5 heteroatoms. The Kier molecular flexibility index (Phi) is 3.66. The second-order valence-corrected chi connectivity index (χ2v) is 6.50. The first-order valence-electron chi connectivity index (χ1n) is 5.37. The molecule has 1 aromatic rings. The Labute approximate surface area is 108 Å². The van der Waals surface area contributed by atoms with Gasteiger partial charge in [0.1, 0.15) is 0 Å². The summed E-state index contributed by atoms with van der Waals surface area (Å²) in [5, 5.41) is 5.24. The molecule has 3 nitrogen and oxygen atoms in total. The number of nitrogens with one attached hydrogen (secondary N) is 1. The predicted molar refractivity (Wildman–Crippen MR) is 70.0 cm³/mol. The molecule has 2 unspecified atom stereocenters. The van der Waals surface area contributed by atoms with Crippen molar-refractivity contribution in [1.29, 1.82) is 0 Å². The van der Waals surface area contributed by atoms with E-state index < -0.39 is 0 Å². The maximum absolute atomic E-state index is 12.3. The minimum Gasteiger partial charge on any atom is -0.331 e. The van der Waals surface area contributed by atoms with Gasteiger partial charge in [0, 0.05) is 30.6 Å². The molecule has 88 valence electrons. The van der Waals surface area contributed by atoms with Crippen LogP contribution in [0, 0.1) is 0 Å². The highest BCUT2D eigenvalue weighted by Gasteiger charge is 2.29. The van der Waals surface area contributed by atoms with Crippen LogP contribution in [-0.4, -0.2) is 36.0 Å². The van der Waals surface area contributed by atoms with Gasteiger partial charge < -0.3 is 10.2 Å². The topological polar surface area (TPSA) is 32.3 Å². The van der Waals surface area contributed by atoms with Gasteiger partial charge in [0.15, 0.2) is 0 Å². The molecule has 2 rings (SSSR count). The molecular weight excluding hydrogens is 288 g/mol. The fourth-order valence-corrected chi connectivity index (χ4v) is 3.23. The molecular formula is C11H15BrN2OS. The van der Waals surface area contributed by atoms with Crippen LogP contribution >= 0.6 is 27.3 Å². The standard InChI is InChI=1S/C11H15BrN2OS/c1-7-4-13-5-8(2)14(7)11(15)9-3-10(12)16-6-9/h3,6-8,13H,4-5H2,1-2H3. The van der Waals surface area contributed by atoms with Crippen LogP contribution in [-0.2, 0) is 0 Å². The Morgan fingerprint density at radius 1 is 1.50 bits per heavy atom. The molecule has 0 saturated carbocycles. The van der Waals surface area contributed by atoms with Gasteiger partial charge >= 0.3 is 0 Å².